The molecule has 1 aromatic carbocycles. The lowest BCUT2D eigenvalue weighted by molar-refractivity contribution is 0.281. The largest absolute Gasteiger partial charge is 0.312 e. The molecule has 1 aromatic rings. The maximum absolute atomic E-state index is 13.8. The van der Waals surface area contributed by atoms with E-state index in [9.17, 15) is 4.39 Å². The van der Waals surface area contributed by atoms with Crippen LogP contribution in [-0.4, -0.2) is 31.6 Å². The van der Waals surface area contributed by atoms with Gasteiger partial charge in [0.2, 0.25) is 0 Å². The second-order valence-electron chi connectivity index (χ2n) is 4.83. The third kappa shape index (κ3) is 3.50. The fourth-order valence-corrected chi connectivity index (χ4v) is 2.29. The predicted molar refractivity (Wildman–Crippen MR) is 71.6 cm³/mol. The molecule has 2 rings (SSSR count). The molecule has 0 radical (unpaired) electrons. The smallest absolute Gasteiger partial charge is 0.128 e. The zero-order chi connectivity index (χ0) is 12.4. The molecule has 0 aromatic heterocycles. The molecule has 0 heterocycles. The van der Waals surface area contributed by atoms with Gasteiger partial charge in [-0.05, 0) is 45.1 Å². The minimum Gasteiger partial charge on any atom is -0.312 e. The van der Waals surface area contributed by atoms with E-state index < -0.39 is 0 Å². The molecule has 0 aliphatic heterocycles. The van der Waals surface area contributed by atoms with Gasteiger partial charge in [0.15, 0.2) is 0 Å². The molecule has 1 atom stereocenters. The SMILES string of the molecule is CN(C)C(CNC1CC1)c1cc(Br)ccc1F. The fourth-order valence-electron chi connectivity index (χ4n) is 1.91. The molecule has 2 nitrogen and oxygen atoms in total. The quantitative estimate of drug-likeness (QED) is 0.899. The van der Waals surface area contributed by atoms with Crippen molar-refractivity contribution in [3.05, 3.63) is 34.1 Å². The van der Waals surface area contributed by atoms with Gasteiger partial charge in [-0.1, -0.05) is 15.9 Å². The Morgan fingerprint density at radius 1 is 1.47 bits per heavy atom. The summed E-state index contributed by atoms with van der Waals surface area (Å²) >= 11 is 3.40. The monoisotopic (exact) mass is 300 g/mol. The maximum Gasteiger partial charge on any atom is 0.128 e. The minimum absolute atomic E-state index is 0.0769. The van der Waals surface area contributed by atoms with Crippen molar-refractivity contribution in [3.8, 4) is 0 Å². The van der Waals surface area contributed by atoms with Gasteiger partial charge in [-0.25, -0.2) is 4.39 Å². The average Bonchev–Trinajstić information content (AvgIpc) is 3.06. The van der Waals surface area contributed by atoms with Crippen molar-refractivity contribution in [1.29, 1.82) is 0 Å². The summed E-state index contributed by atoms with van der Waals surface area (Å²) < 4.78 is 14.8. The summed E-state index contributed by atoms with van der Waals surface area (Å²) in [5.74, 6) is -0.135. The van der Waals surface area contributed by atoms with Gasteiger partial charge < -0.3 is 10.2 Å². The molecular weight excluding hydrogens is 283 g/mol. The van der Waals surface area contributed by atoms with Crippen LogP contribution in [0.2, 0.25) is 0 Å². The zero-order valence-corrected chi connectivity index (χ0v) is 11.8. The van der Waals surface area contributed by atoms with E-state index in [2.05, 4.69) is 26.1 Å². The number of rotatable bonds is 5. The second-order valence-corrected chi connectivity index (χ2v) is 5.74. The molecule has 1 fully saturated rings. The van der Waals surface area contributed by atoms with Crippen LogP contribution in [-0.2, 0) is 0 Å². The van der Waals surface area contributed by atoms with E-state index in [4.69, 9.17) is 0 Å². The number of nitrogens with one attached hydrogen (secondary N) is 1. The van der Waals surface area contributed by atoms with Gasteiger partial charge in [0.05, 0.1) is 0 Å². The molecule has 17 heavy (non-hydrogen) atoms. The molecule has 1 saturated carbocycles. The lowest BCUT2D eigenvalue weighted by Crippen LogP contribution is -2.32. The molecule has 0 spiro atoms. The summed E-state index contributed by atoms with van der Waals surface area (Å²) in [5.41, 5.74) is 0.748. The second kappa shape index (κ2) is 5.46. The van der Waals surface area contributed by atoms with Crippen LogP contribution >= 0.6 is 15.9 Å². The number of likely N-dealkylation sites (N-methyl/N-ethyl adjacent to an activating group) is 1. The first kappa shape index (κ1) is 13.0. The Bertz CT molecular complexity index is 391. The van der Waals surface area contributed by atoms with E-state index in [1.54, 1.807) is 6.07 Å². The number of nitrogens with zero attached hydrogens (tertiary/aromatic N) is 1. The van der Waals surface area contributed by atoms with Crippen molar-refractivity contribution >= 4 is 15.9 Å². The minimum atomic E-state index is -0.135. The first-order valence-corrected chi connectivity index (χ1v) is 6.72. The van der Waals surface area contributed by atoms with Gasteiger partial charge in [0.25, 0.3) is 0 Å². The third-order valence-corrected chi connectivity index (χ3v) is 3.61. The molecule has 1 N–H and O–H groups in total. The van der Waals surface area contributed by atoms with Gasteiger partial charge in [-0.3, -0.25) is 0 Å². The summed E-state index contributed by atoms with van der Waals surface area (Å²) in [7, 11) is 3.97. The third-order valence-electron chi connectivity index (χ3n) is 3.12. The number of hydrogen-bond acceptors (Lipinski definition) is 2. The molecule has 0 amide bonds. The summed E-state index contributed by atoms with van der Waals surface area (Å²) in [6.45, 7) is 0.797. The van der Waals surface area contributed by atoms with E-state index in [1.165, 1.54) is 18.9 Å². The van der Waals surface area contributed by atoms with Crippen molar-refractivity contribution in [2.75, 3.05) is 20.6 Å². The van der Waals surface area contributed by atoms with Crippen LogP contribution in [0.15, 0.2) is 22.7 Å². The molecule has 1 aliphatic carbocycles. The summed E-state index contributed by atoms with van der Waals surface area (Å²) in [6, 6.07) is 5.85. The Kier molecular flexibility index (Phi) is 4.17. The Hall–Kier alpha value is -0.450. The average molecular weight is 301 g/mol. The maximum atomic E-state index is 13.8. The lowest BCUT2D eigenvalue weighted by Gasteiger charge is -2.25. The van der Waals surface area contributed by atoms with E-state index >= 15 is 0 Å². The Morgan fingerprint density at radius 3 is 2.76 bits per heavy atom. The van der Waals surface area contributed by atoms with E-state index in [1.807, 2.05) is 20.2 Å². The van der Waals surface area contributed by atoms with Crippen LogP contribution in [0.1, 0.15) is 24.4 Å². The number of halogens is 2. The molecule has 1 unspecified atom stereocenters. The van der Waals surface area contributed by atoms with Crippen LogP contribution in [0.25, 0.3) is 0 Å². The van der Waals surface area contributed by atoms with Gasteiger partial charge in [0.1, 0.15) is 5.82 Å². The van der Waals surface area contributed by atoms with Crippen molar-refractivity contribution < 1.29 is 4.39 Å². The van der Waals surface area contributed by atoms with E-state index in [0.717, 1.165) is 16.6 Å². The van der Waals surface area contributed by atoms with Crippen LogP contribution in [0.5, 0.6) is 0 Å². The zero-order valence-electron chi connectivity index (χ0n) is 10.2. The Morgan fingerprint density at radius 2 is 2.18 bits per heavy atom. The molecule has 0 saturated heterocycles. The molecule has 4 heteroatoms. The predicted octanol–water partition coefficient (Wildman–Crippen LogP) is 2.94. The van der Waals surface area contributed by atoms with Crippen LogP contribution in [0.3, 0.4) is 0 Å². The molecular formula is C13H18BrFN2. The highest BCUT2D eigenvalue weighted by Gasteiger charge is 2.24. The summed E-state index contributed by atoms with van der Waals surface area (Å²) in [5, 5.41) is 3.46. The van der Waals surface area contributed by atoms with Crippen LogP contribution in [0, 0.1) is 5.82 Å². The standard InChI is InChI=1S/C13H18BrFN2/c1-17(2)13(8-16-10-4-5-10)11-7-9(14)3-6-12(11)15/h3,6-7,10,13,16H,4-5,8H2,1-2H3. The summed E-state index contributed by atoms with van der Waals surface area (Å²) in [4.78, 5) is 2.06. The van der Waals surface area contributed by atoms with Crippen molar-refractivity contribution in [2.45, 2.75) is 24.9 Å². The van der Waals surface area contributed by atoms with E-state index in [-0.39, 0.29) is 11.9 Å². The van der Waals surface area contributed by atoms with Crippen molar-refractivity contribution in [3.63, 3.8) is 0 Å². The van der Waals surface area contributed by atoms with Gasteiger partial charge in [-0.15, -0.1) is 0 Å². The molecule has 0 bridgehead atoms. The van der Waals surface area contributed by atoms with Crippen molar-refractivity contribution in [1.82, 2.24) is 10.2 Å². The first-order valence-electron chi connectivity index (χ1n) is 5.92. The Balaban J connectivity index is 2.14. The lowest BCUT2D eigenvalue weighted by atomic mass is 10.1. The number of benzene rings is 1. The normalized spacial score (nSPS) is 17.5. The van der Waals surface area contributed by atoms with Gasteiger partial charge >= 0.3 is 0 Å². The molecule has 94 valence electrons. The van der Waals surface area contributed by atoms with E-state index in [0.29, 0.717) is 6.04 Å². The van der Waals surface area contributed by atoms with Crippen molar-refractivity contribution in [2.24, 2.45) is 0 Å². The highest BCUT2D eigenvalue weighted by molar-refractivity contribution is 9.10. The topological polar surface area (TPSA) is 15.3 Å². The highest BCUT2D eigenvalue weighted by atomic mass is 79.9. The van der Waals surface area contributed by atoms with Gasteiger partial charge in [-0.2, -0.15) is 0 Å². The van der Waals surface area contributed by atoms with Crippen LogP contribution < -0.4 is 5.32 Å². The molecule has 1 aliphatic rings. The van der Waals surface area contributed by atoms with Crippen LogP contribution in [0.4, 0.5) is 4.39 Å². The first-order chi connectivity index (χ1) is 8.08. The highest BCUT2D eigenvalue weighted by Crippen LogP contribution is 2.26. The number of hydrogen-bond donors (Lipinski definition) is 1. The fraction of sp³-hybridized carbons (Fsp3) is 0.538. The summed E-state index contributed by atoms with van der Waals surface area (Å²) in [6.07, 6.45) is 2.50. The Labute approximate surface area is 110 Å². The van der Waals surface area contributed by atoms with Gasteiger partial charge in [0, 0.05) is 28.7 Å².